The predicted octanol–water partition coefficient (Wildman–Crippen LogP) is 7.22. The molecule has 0 spiro atoms. The SMILES string of the molecule is O=C(CC(c1cccs1)C(CC(=O)c1ccccc1)c1cccs1)c1ccccc1. The Morgan fingerprint density at radius 2 is 0.967 bits per heavy atom. The quantitative estimate of drug-likeness (QED) is 0.263. The Bertz CT molecular complexity index is 979. The molecule has 30 heavy (non-hydrogen) atoms. The fourth-order valence-corrected chi connectivity index (χ4v) is 5.56. The third kappa shape index (κ3) is 4.84. The second-order valence-electron chi connectivity index (χ2n) is 7.23. The molecular formula is C26H22O2S2. The summed E-state index contributed by atoms with van der Waals surface area (Å²) >= 11 is 3.32. The van der Waals surface area contributed by atoms with E-state index in [9.17, 15) is 9.59 Å². The van der Waals surface area contributed by atoms with Gasteiger partial charge in [0.2, 0.25) is 0 Å². The molecule has 150 valence electrons. The molecule has 0 amide bonds. The third-order valence-corrected chi connectivity index (χ3v) is 7.31. The van der Waals surface area contributed by atoms with Crippen LogP contribution in [0.25, 0.3) is 0 Å². The molecule has 4 aromatic rings. The molecule has 2 unspecified atom stereocenters. The van der Waals surface area contributed by atoms with E-state index in [1.807, 2.05) is 83.6 Å². The Kier molecular flexibility index (Phi) is 6.67. The highest BCUT2D eigenvalue weighted by Crippen LogP contribution is 2.43. The lowest BCUT2D eigenvalue weighted by atomic mass is 9.80. The maximum Gasteiger partial charge on any atom is 0.163 e. The van der Waals surface area contributed by atoms with Crippen LogP contribution < -0.4 is 0 Å². The van der Waals surface area contributed by atoms with Gasteiger partial charge >= 0.3 is 0 Å². The van der Waals surface area contributed by atoms with Crippen LogP contribution in [0.4, 0.5) is 0 Å². The summed E-state index contributed by atoms with van der Waals surface area (Å²) in [4.78, 5) is 28.5. The van der Waals surface area contributed by atoms with Gasteiger partial charge in [0.15, 0.2) is 11.6 Å². The van der Waals surface area contributed by atoms with Crippen LogP contribution in [-0.2, 0) is 0 Å². The van der Waals surface area contributed by atoms with Gasteiger partial charge in [0, 0.05) is 45.6 Å². The Morgan fingerprint density at radius 1 is 0.567 bits per heavy atom. The second kappa shape index (κ2) is 9.79. The molecule has 4 heteroatoms. The maximum absolute atomic E-state index is 13.1. The second-order valence-corrected chi connectivity index (χ2v) is 9.19. The molecular weight excluding hydrogens is 408 g/mol. The Hall–Kier alpha value is -2.82. The lowest BCUT2D eigenvalue weighted by Gasteiger charge is -2.25. The van der Waals surface area contributed by atoms with E-state index in [-0.39, 0.29) is 23.4 Å². The van der Waals surface area contributed by atoms with Gasteiger partial charge in [0.05, 0.1) is 0 Å². The Balaban J connectivity index is 1.67. The number of Topliss-reactive ketones (excluding diaryl/α,β-unsaturated/α-hetero) is 2. The third-order valence-electron chi connectivity index (χ3n) is 5.31. The summed E-state index contributed by atoms with van der Waals surface area (Å²) in [7, 11) is 0. The van der Waals surface area contributed by atoms with Crippen molar-refractivity contribution in [3.8, 4) is 0 Å². The van der Waals surface area contributed by atoms with E-state index < -0.39 is 0 Å². The van der Waals surface area contributed by atoms with Crippen molar-refractivity contribution in [3.05, 3.63) is 117 Å². The molecule has 0 N–H and O–H groups in total. The van der Waals surface area contributed by atoms with Crippen LogP contribution in [0.3, 0.4) is 0 Å². The number of hydrogen-bond donors (Lipinski definition) is 0. The van der Waals surface area contributed by atoms with Crippen LogP contribution >= 0.6 is 22.7 Å². The highest BCUT2D eigenvalue weighted by atomic mass is 32.1. The van der Waals surface area contributed by atoms with Crippen LogP contribution in [0, 0.1) is 0 Å². The van der Waals surface area contributed by atoms with Crippen molar-refractivity contribution in [3.63, 3.8) is 0 Å². The molecule has 0 saturated carbocycles. The molecule has 0 fully saturated rings. The van der Waals surface area contributed by atoms with E-state index in [1.54, 1.807) is 22.7 Å². The van der Waals surface area contributed by atoms with Crippen molar-refractivity contribution in [2.45, 2.75) is 24.7 Å². The number of benzene rings is 2. The number of ketones is 2. The van der Waals surface area contributed by atoms with E-state index in [2.05, 4.69) is 12.1 Å². The summed E-state index contributed by atoms with van der Waals surface area (Å²) in [6, 6.07) is 27.1. The van der Waals surface area contributed by atoms with Gasteiger partial charge in [0.1, 0.15) is 0 Å². The van der Waals surface area contributed by atoms with E-state index in [4.69, 9.17) is 0 Å². The minimum Gasteiger partial charge on any atom is -0.294 e. The monoisotopic (exact) mass is 430 g/mol. The Morgan fingerprint density at radius 3 is 1.30 bits per heavy atom. The molecule has 4 rings (SSSR count). The van der Waals surface area contributed by atoms with Gasteiger partial charge in [-0.3, -0.25) is 9.59 Å². The van der Waals surface area contributed by atoms with Crippen LogP contribution in [0.2, 0.25) is 0 Å². The number of carbonyl (C=O) groups is 2. The highest BCUT2D eigenvalue weighted by molar-refractivity contribution is 7.10. The van der Waals surface area contributed by atoms with Crippen LogP contribution in [0.5, 0.6) is 0 Å². The normalized spacial score (nSPS) is 12.9. The van der Waals surface area contributed by atoms with E-state index in [0.717, 1.165) is 20.9 Å². The standard InChI is InChI=1S/C26H22O2S2/c27-23(19-9-3-1-4-10-19)17-21(25-13-7-15-29-25)22(26-14-8-16-30-26)18-24(28)20-11-5-2-6-12-20/h1-16,21-22H,17-18H2. The molecule has 0 bridgehead atoms. The van der Waals surface area contributed by atoms with Crippen molar-refractivity contribution < 1.29 is 9.59 Å². The molecule has 0 aliphatic heterocycles. The summed E-state index contributed by atoms with van der Waals surface area (Å²) in [5, 5.41) is 4.08. The maximum atomic E-state index is 13.1. The van der Waals surface area contributed by atoms with Gasteiger partial charge in [-0.1, -0.05) is 72.8 Å². The molecule has 2 nitrogen and oxygen atoms in total. The predicted molar refractivity (Wildman–Crippen MR) is 125 cm³/mol. The number of rotatable bonds is 9. The molecule has 2 aromatic carbocycles. The summed E-state index contributed by atoms with van der Waals surface area (Å²) < 4.78 is 0. The zero-order chi connectivity index (χ0) is 20.8. The fourth-order valence-electron chi connectivity index (χ4n) is 3.77. The molecule has 2 atom stereocenters. The van der Waals surface area contributed by atoms with Crippen molar-refractivity contribution in [1.82, 2.24) is 0 Å². The van der Waals surface area contributed by atoms with Crippen molar-refractivity contribution in [2.24, 2.45) is 0 Å². The largest absolute Gasteiger partial charge is 0.294 e. The molecule has 0 saturated heterocycles. The summed E-state index contributed by atoms with van der Waals surface area (Å²) in [5.41, 5.74) is 1.44. The smallest absolute Gasteiger partial charge is 0.163 e. The zero-order valence-electron chi connectivity index (χ0n) is 16.4. The lowest BCUT2D eigenvalue weighted by molar-refractivity contribution is 0.0938. The van der Waals surface area contributed by atoms with Gasteiger partial charge < -0.3 is 0 Å². The van der Waals surface area contributed by atoms with Gasteiger partial charge in [-0.25, -0.2) is 0 Å². The highest BCUT2D eigenvalue weighted by Gasteiger charge is 2.31. The first-order valence-corrected chi connectivity index (χ1v) is 11.7. The summed E-state index contributed by atoms with van der Waals surface area (Å²) in [5.74, 6) is 0.151. The topological polar surface area (TPSA) is 34.1 Å². The zero-order valence-corrected chi connectivity index (χ0v) is 18.1. The minimum atomic E-state index is -0.0379. The number of hydrogen-bond acceptors (Lipinski definition) is 4. The summed E-state index contributed by atoms with van der Waals surface area (Å²) in [6.07, 6.45) is 0.768. The van der Waals surface area contributed by atoms with Gasteiger partial charge in [-0.2, -0.15) is 0 Å². The number of carbonyl (C=O) groups excluding carboxylic acids is 2. The van der Waals surface area contributed by atoms with Crippen LogP contribution in [-0.4, -0.2) is 11.6 Å². The van der Waals surface area contributed by atoms with E-state index in [1.165, 1.54) is 0 Å². The molecule has 2 aromatic heterocycles. The molecule has 0 aliphatic carbocycles. The lowest BCUT2D eigenvalue weighted by Crippen LogP contribution is -2.18. The minimum absolute atomic E-state index is 0.0379. The van der Waals surface area contributed by atoms with Crippen LogP contribution in [0.15, 0.2) is 95.7 Å². The first-order chi connectivity index (χ1) is 14.7. The average molecular weight is 431 g/mol. The van der Waals surface area contributed by atoms with Gasteiger partial charge in [-0.05, 0) is 22.9 Å². The molecule has 2 heterocycles. The van der Waals surface area contributed by atoms with E-state index >= 15 is 0 Å². The van der Waals surface area contributed by atoms with Gasteiger partial charge in [0.25, 0.3) is 0 Å². The first kappa shape index (κ1) is 20.5. The van der Waals surface area contributed by atoms with Crippen LogP contribution in [0.1, 0.15) is 55.1 Å². The molecule has 0 radical (unpaired) electrons. The van der Waals surface area contributed by atoms with Crippen molar-refractivity contribution in [1.29, 1.82) is 0 Å². The molecule has 0 aliphatic rings. The Labute approximate surface area is 184 Å². The summed E-state index contributed by atoms with van der Waals surface area (Å²) in [6.45, 7) is 0. The van der Waals surface area contributed by atoms with Gasteiger partial charge in [-0.15, -0.1) is 22.7 Å². The van der Waals surface area contributed by atoms with Crippen molar-refractivity contribution in [2.75, 3.05) is 0 Å². The number of thiophene rings is 2. The first-order valence-electron chi connectivity index (χ1n) is 9.95. The average Bonchev–Trinajstić information content (AvgIpc) is 3.51. The fraction of sp³-hybridized carbons (Fsp3) is 0.154. The van der Waals surface area contributed by atoms with Crippen molar-refractivity contribution >= 4 is 34.2 Å². The van der Waals surface area contributed by atoms with E-state index in [0.29, 0.717) is 12.8 Å².